The van der Waals surface area contributed by atoms with Gasteiger partial charge in [0.1, 0.15) is 17.3 Å². The topological polar surface area (TPSA) is 52.1 Å². The average molecular weight is 468 g/mol. The highest BCUT2D eigenvalue weighted by Gasteiger charge is 2.41. The van der Waals surface area contributed by atoms with Crippen LogP contribution < -0.4 is 0 Å². The molecule has 2 heterocycles. The number of aromatic amines is 1. The second kappa shape index (κ2) is 7.41. The highest BCUT2D eigenvalue weighted by Crippen LogP contribution is 2.43. The van der Waals surface area contributed by atoms with Crippen LogP contribution >= 0.6 is 15.9 Å². The maximum Gasteiger partial charge on any atom is 0.132 e. The summed E-state index contributed by atoms with van der Waals surface area (Å²) in [4.78, 5) is 1.67. The van der Waals surface area contributed by atoms with E-state index in [0.29, 0.717) is 12.0 Å². The van der Waals surface area contributed by atoms with Crippen LogP contribution in [0.25, 0.3) is 10.9 Å². The molecule has 1 aromatic heterocycles. The van der Waals surface area contributed by atoms with Gasteiger partial charge in [0.15, 0.2) is 0 Å². The van der Waals surface area contributed by atoms with Crippen molar-refractivity contribution in [2.75, 3.05) is 13.2 Å². The number of halogens is 4. The minimum Gasteiger partial charge on any atom is -0.395 e. The summed E-state index contributed by atoms with van der Waals surface area (Å²) in [5, 5.41) is 17.9. The molecule has 0 bridgehead atoms. The Bertz CT molecular complexity index is 1040. The molecule has 4 nitrogen and oxygen atoms in total. The maximum absolute atomic E-state index is 15.0. The summed E-state index contributed by atoms with van der Waals surface area (Å²) in [6.07, 6.45) is 2.10. The van der Waals surface area contributed by atoms with Gasteiger partial charge in [-0.05, 0) is 49.6 Å². The molecule has 0 fully saturated rings. The second-order valence-electron chi connectivity index (χ2n) is 8.08. The number of benzene rings is 2. The summed E-state index contributed by atoms with van der Waals surface area (Å²) in [6.45, 7) is 2.49. The summed E-state index contributed by atoms with van der Waals surface area (Å²) in [5.41, 5.74) is 0.573. The Morgan fingerprint density at radius 3 is 2.59 bits per heavy atom. The van der Waals surface area contributed by atoms with Gasteiger partial charge in [-0.3, -0.25) is 10.00 Å². The van der Waals surface area contributed by atoms with Gasteiger partial charge in [-0.25, -0.2) is 13.2 Å². The molecule has 0 saturated carbocycles. The molecule has 0 amide bonds. The van der Waals surface area contributed by atoms with E-state index in [9.17, 15) is 9.50 Å². The van der Waals surface area contributed by atoms with Crippen LogP contribution in [0.5, 0.6) is 0 Å². The molecule has 4 rings (SSSR count). The van der Waals surface area contributed by atoms with Crippen molar-refractivity contribution in [1.29, 1.82) is 0 Å². The smallest absolute Gasteiger partial charge is 0.132 e. The molecule has 2 N–H and O–H groups in total. The van der Waals surface area contributed by atoms with E-state index in [1.54, 1.807) is 23.2 Å². The predicted octanol–water partition coefficient (Wildman–Crippen LogP) is 4.66. The molecular weight excluding hydrogens is 447 g/mol. The molecule has 3 aromatic rings. The van der Waals surface area contributed by atoms with Crippen LogP contribution in [-0.4, -0.2) is 45.1 Å². The third kappa shape index (κ3) is 3.69. The molecule has 8 heteroatoms. The van der Waals surface area contributed by atoms with E-state index in [-0.39, 0.29) is 23.2 Å². The van der Waals surface area contributed by atoms with Gasteiger partial charge in [-0.1, -0.05) is 22.0 Å². The van der Waals surface area contributed by atoms with Gasteiger partial charge in [0.05, 0.1) is 24.4 Å². The SMILES string of the molecule is CC(C)(F)CN1[C@H](CO)Cc2c(ccc3[nH]ncc23)[C@H]1c1c(F)cc(Br)cc1F. The zero-order chi connectivity index (χ0) is 20.9. The molecule has 1 aliphatic heterocycles. The summed E-state index contributed by atoms with van der Waals surface area (Å²) >= 11 is 3.11. The Morgan fingerprint density at radius 2 is 1.97 bits per heavy atom. The summed E-state index contributed by atoms with van der Waals surface area (Å²) in [7, 11) is 0. The van der Waals surface area contributed by atoms with Crippen molar-refractivity contribution in [2.45, 2.75) is 38.0 Å². The average Bonchev–Trinajstić information content (AvgIpc) is 3.09. The molecule has 1 aliphatic rings. The van der Waals surface area contributed by atoms with E-state index in [2.05, 4.69) is 26.1 Å². The predicted molar refractivity (Wildman–Crippen MR) is 108 cm³/mol. The quantitative estimate of drug-likeness (QED) is 0.586. The molecule has 2 aromatic carbocycles. The van der Waals surface area contributed by atoms with E-state index in [1.165, 1.54) is 26.0 Å². The fourth-order valence-corrected chi connectivity index (χ4v) is 4.68. The van der Waals surface area contributed by atoms with Crippen LogP contribution in [0.4, 0.5) is 13.2 Å². The number of hydrogen-bond donors (Lipinski definition) is 2. The molecular formula is C21H21BrF3N3O. The number of fused-ring (bicyclic) bond motifs is 3. The van der Waals surface area contributed by atoms with Crippen LogP contribution in [0, 0.1) is 11.6 Å². The van der Waals surface area contributed by atoms with Gasteiger partial charge in [0.2, 0.25) is 0 Å². The van der Waals surface area contributed by atoms with E-state index >= 15 is 8.78 Å². The highest BCUT2D eigenvalue weighted by molar-refractivity contribution is 9.10. The Labute approximate surface area is 174 Å². The number of rotatable bonds is 4. The maximum atomic E-state index is 15.0. The third-order valence-electron chi connectivity index (χ3n) is 5.39. The zero-order valence-corrected chi connectivity index (χ0v) is 17.6. The number of hydrogen-bond acceptors (Lipinski definition) is 3. The number of nitrogens with zero attached hydrogens (tertiary/aromatic N) is 2. The normalized spacial score (nSPS) is 20.2. The van der Waals surface area contributed by atoms with E-state index in [0.717, 1.165) is 16.5 Å². The van der Waals surface area contributed by atoms with Crippen molar-refractivity contribution < 1.29 is 18.3 Å². The minimum absolute atomic E-state index is 0.0826. The molecule has 0 radical (unpaired) electrons. The van der Waals surface area contributed by atoms with Gasteiger partial charge in [0.25, 0.3) is 0 Å². The fourth-order valence-electron chi connectivity index (χ4n) is 4.28. The number of alkyl halides is 1. The van der Waals surface area contributed by atoms with Gasteiger partial charge in [0, 0.05) is 28.0 Å². The minimum atomic E-state index is -1.62. The first-order valence-corrected chi connectivity index (χ1v) is 10.1. The number of nitrogens with one attached hydrogen (secondary N) is 1. The largest absolute Gasteiger partial charge is 0.395 e. The number of aliphatic hydroxyl groups is 1. The van der Waals surface area contributed by atoms with Crippen LogP contribution in [0.1, 0.15) is 36.6 Å². The van der Waals surface area contributed by atoms with Crippen molar-refractivity contribution >= 4 is 26.8 Å². The first kappa shape index (κ1) is 20.4. The molecule has 0 spiro atoms. The lowest BCUT2D eigenvalue weighted by atomic mass is 9.82. The highest BCUT2D eigenvalue weighted by atomic mass is 79.9. The van der Waals surface area contributed by atoms with Crippen molar-refractivity contribution in [3.05, 3.63) is 63.3 Å². The summed E-state index contributed by atoms with van der Waals surface area (Å²) in [6, 6.07) is 4.64. The van der Waals surface area contributed by atoms with Crippen molar-refractivity contribution in [3.63, 3.8) is 0 Å². The Hall–Kier alpha value is -1.90. The van der Waals surface area contributed by atoms with E-state index in [1.807, 2.05) is 0 Å². The van der Waals surface area contributed by atoms with E-state index < -0.39 is 29.4 Å². The fraction of sp³-hybridized carbons (Fsp3) is 0.381. The number of aliphatic hydroxyl groups excluding tert-OH is 1. The number of H-pyrrole nitrogens is 1. The summed E-state index contributed by atoms with van der Waals surface area (Å²) in [5.74, 6) is -1.44. The van der Waals surface area contributed by atoms with Crippen LogP contribution in [0.2, 0.25) is 0 Å². The lowest BCUT2D eigenvalue weighted by Gasteiger charge is -2.45. The van der Waals surface area contributed by atoms with Gasteiger partial charge in [-0.15, -0.1) is 0 Å². The van der Waals surface area contributed by atoms with Gasteiger partial charge < -0.3 is 5.11 Å². The van der Waals surface area contributed by atoms with Gasteiger partial charge in [-0.2, -0.15) is 5.10 Å². The molecule has 0 unspecified atom stereocenters. The molecule has 2 atom stereocenters. The van der Waals surface area contributed by atoms with Crippen molar-refractivity contribution in [3.8, 4) is 0 Å². The van der Waals surface area contributed by atoms with Crippen molar-refractivity contribution in [1.82, 2.24) is 15.1 Å². The monoisotopic (exact) mass is 467 g/mol. The van der Waals surface area contributed by atoms with Gasteiger partial charge >= 0.3 is 0 Å². The molecule has 154 valence electrons. The second-order valence-corrected chi connectivity index (χ2v) is 9.00. The first-order chi connectivity index (χ1) is 13.7. The Kier molecular flexibility index (Phi) is 5.21. The Morgan fingerprint density at radius 1 is 1.28 bits per heavy atom. The Balaban J connectivity index is 1.99. The van der Waals surface area contributed by atoms with Crippen LogP contribution in [-0.2, 0) is 6.42 Å². The van der Waals surface area contributed by atoms with Crippen LogP contribution in [0.3, 0.4) is 0 Å². The standard InChI is InChI=1S/C21H21BrF3N3O/c1-21(2,25)10-28-12(9-29)7-14-13(3-4-18-15(14)8-26-27-18)20(28)19-16(23)5-11(22)6-17(19)24/h3-6,8,12,20,29H,7,9-10H2,1-2H3,(H,26,27)/t12-,20-/m0/s1. The lowest BCUT2D eigenvalue weighted by Crippen LogP contribution is -2.51. The van der Waals surface area contributed by atoms with E-state index in [4.69, 9.17) is 0 Å². The number of aromatic nitrogens is 2. The zero-order valence-electron chi connectivity index (χ0n) is 16.0. The third-order valence-corrected chi connectivity index (χ3v) is 5.85. The molecule has 0 saturated heterocycles. The van der Waals surface area contributed by atoms with Crippen molar-refractivity contribution in [2.24, 2.45) is 0 Å². The summed E-state index contributed by atoms with van der Waals surface area (Å²) < 4.78 is 45.0. The molecule has 0 aliphatic carbocycles. The lowest BCUT2D eigenvalue weighted by molar-refractivity contribution is 0.0337. The molecule has 29 heavy (non-hydrogen) atoms. The van der Waals surface area contributed by atoms with Crippen LogP contribution in [0.15, 0.2) is 34.9 Å². The first-order valence-electron chi connectivity index (χ1n) is 9.34.